The first kappa shape index (κ1) is 15.5. The summed E-state index contributed by atoms with van der Waals surface area (Å²) in [5.74, 6) is -0.324. The van der Waals surface area contributed by atoms with E-state index in [1.165, 1.54) is 0 Å². The van der Waals surface area contributed by atoms with Crippen LogP contribution in [0.4, 0.5) is 11.4 Å². The molecule has 0 aliphatic carbocycles. The van der Waals surface area contributed by atoms with Crippen molar-refractivity contribution in [1.29, 1.82) is 0 Å². The van der Waals surface area contributed by atoms with E-state index in [1.807, 2.05) is 25.1 Å². The summed E-state index contributed by atoms with van der Waals surface area (Å²) in [6.07, 6.45) is 1.79. The maximum absolute atomic E-state index is 12.2. The quantitative estimate of drug-likeness (QED) is 0.825. The first-order valence-electron chi connectivity index (χ1n) is 6.97. The van der Waals surface area contributed by atoms with Gasteiger partial charge < -0.3 is 10.6 Å². The zero-order valence-corrected chi connectivity index (χ0v) is 12.4. The summed E-state index contributed by atoms with van der Waals surface area (Å²) >= 11 is 0. The van der Waals surface area contributed by atoms with Crippen molar-refractivity contribution in [2.75, 3.05) is 10.6 Å². The number of benzene rings is 2. The highest BCUT2D eigenvalue weighted by Crippen LogP contribution is 2.16. The lowest BCUT2D eigenvalue weighted by Gasteiger charge is -2.09. The second kappa shape index (κ2) is 7.22. The number of hydrogen-bond acceptors (Lipinski definition) is 2. The fraction of sp³-hybridized carbons (Fsp3) is 0.111. The van der Waals surface area contributed by atoms with E-state index in [4.69, 9.17) is 0 Å². The van der Waals surface area contributed by atoms with Gasteiger partial charge in [0.15, 0.2) is 0 Å². The molecule has 0 saturated heterocycles. The minimum atomic E-state index is -0.182. The van der Waals surface area contributed by atoms with Gasteiger partial charge in [0.2, 0.25) is 5.91 Å². The Hall–Kier alpha value is -2.88. The monoisotopic (exact) mass is 294 g/mol. The zero-order chi connectivity index (χ0) is 15.9. The predicted molar refractivity (Wildman–Crippen MR) is 89.0 cm³/mol. The summed E-state index contributed by atoms with van der Waals surface area (Å²) in [7, 11) is 0. The first-order chi connectivity index (χ1) is 10.6. The maximum Gasteiger partial charge on any atom is 0.255 e. The van der Waals surface area contributed by atoms with E-state index in [-0.39, 0.29) is 18.2 Å². The lowest BCUT2D eigenvalue weighted by Crippen LogP contribution is -2.13. The van der Waals surface area contributed by atoms with Gasteiger partial charge in [0.1, 0.15) is 0 Å². The predicted octanol–water partition coefficient (Wildman–Crippen LogP) is 3.76. The van der Waals surface area contributed by atoms with Gasteiger partial charge >= 0.3 is 0 Å². The molecule has 2 aromatic carbocycles. The minimum absolute atomic E-state index is 0.142. The second-order valence-electron chi connectivity index (χ2n) is 4.95. The number of hydrogen-bond donors (Lipinski definition) is 2. The first-order valence-corrected chi connectivity index (χ1v) is 6.97. The Balaban J connectivity index is 2.08. The number of carbonyl (C=O) groups is 2. The molecule has 0 fully saturated rings. The molecule has 0 aromatic heterocycles. The lowest BCUT2D eigenvalue weighted by atomic mass is 10.1. The molecule has 0 unspecified atom stereocenters. The highest BCUT2D eigenvalue weighted by molar-refractivity contribution is 6.04. The Morgan fingerprint density at radius 1 is 1.05 bits per heavy atom. The molecule has 4 heteroatoms. The lowest BCUT2D eigenvalue weighted by molar-refractivity contribution is -0.115. The highest BCUT2D eigenvalue weighted by atomic mass is 16.2. The molecule has 22 heavy (non-hydrogen) atoms. The van der Waals surface area contributed by atoms with Crippen molar-refractivity contribution in [2.24, 2.45) is 0 Å². The van der Waals surface area contributed by atoms with Crippen molar-refractivity contribution >= 4 is 23.2 Å². The van der Waals surface area contributed by atoms with Gasteiger partial charge in [-0.3, -0.25) is 9.59 Å². The van der Waals surface area contributed by atoms with Gasteiger partial charge in [-0.1, -0.05) is 29.8 Å². The molecule has 0 heterocycles. The van der Waals surface area contributed by atoms with Crippen LogP contribution in [-0.4, -0.2) is 11.8 Å². The van der Waals surface area contributed by atoms with Crippen LogP contribution in [0.3, 0.4) is 0 Å². The van der Waals surface area contributed by atoms with Crippen molar-refractivity contribution in [3.05, 3.63) is 72.3 Å². The van der Waals surface area contributed by atoms with Gasteiger partial charge in [-0.15, -0.1) is 6.58 Å². The van der Waals surface area contributed by atoms with Crippen LogP contribution in [0.25, 0.3) is 0 Å². The van der Waals surface area contributed by atoms with E-state index in [2.05, 4.69) is 17.2 Å². The van der Waals surface area contributed by atoms with Crippen molar-refractivity contribution in [3.63, 3.8) is 0 Å². The minimum Gasteiger partial charge on any atom is -0.326 e. The van der Waals surface area contributed by atoms with Crippen LogP contribution >= 0.6 is 0 Å². The maximum atomic E-state index is 12.2. The molecule has 0 aliphatic heterocycles. The highest BCUT2D eigenvalue weighted by Gasteiger charge is 2.07. The average molecular weight is 294 g/mol. The number of amides is 2. The van der Waals surface area contributed by atoms with E-state index < -0.39 is 0 Å². The molecule has 0 bridgehead atoms. The number of nitrogens with one attached hydrogen (secondary N) is 2. The van der Waals surface area contributed by atoms with Crippen molar-refractivity contribution < 1.29 is 9.59 Å². The van der Waals surface area contributed by atoms with Crippen molar-refractivity contribution in [2.45, 2.75) is 13.3 Å². The molecule has 4 nitrogen and oxygen atoms in total. The third kappa shape index (κ3) is 4.31. The summed E-state index contributed by atoms with van der Waals surface area (Å²) in [4.78, 5) is 23.7. The van der Waals surface area contributed by atoms with Crippen LogP contribution in [0.1, 0.15) is 22.3 Å². The van der Waals surface area contributed by atoms with Gasteiger partial charge in [0.05, 0.1) is 0 Å². The Kier molecular flexibility index (Phi) is 5.09. The van der Waals surface area contributed by atoms with Gasteiger partial charge in [0.25, 0.3) is 5.91 Å². The fourth-order valence-electron chi connectivity index (χ4n) is 2.01. The Bertz CT molecular complexity index is 708. The molecule has 0 saturated carbocycles. The van der Waals surface area contributed by atoms with E-state index in [9.17, 15) is 9.59 Å². The summed E-state index contributed by atoms with van der Waals surface area (Å²) in [5, 5.41) is 5.56. The SMILES string of the molecule is C=CCC(=O)Nc1cccc(NC(=O)c2cccc(C)c2)c1. The third-order valence-corrected chi connectivity index (χ3v) is 3.01. The number of carbonyl (C=O) groups excluding carboxylic acids is 2. The molecule has 0 atom stereocenters. The Labute approximate surface area is 129 Å². The van der Waals surface area contributed by atoms with Gasteiger partial charge in [-0.2, -0.15) is 0 Å². The summed E-state index contributed by atoms with van der Waals surface area (Å²) in [5.41, 5.74) is 2.89. The summed E-state index contributed by atoms with van der Waals surface area (Å²) in [6, 6.07) is 14.4. The number of anilines is 2. The largest absolute Gasteiger partial charge is 0.326 e. The number of rotatable bonds is 5. The Morgan fingerprint density at radius 3 is 2.41 bits per heavy atom. The molecular weight excluding hydrogens is 276 g/mol. The zero-order valence-electron chi connectivity index (χ0n) is 12.4. The molecule has 2 amide bonds. The molecule has 0 aliphatic rings. The normalized spacial score (nSPS) is 9.86. The molecule has 0 radical (unpaired) electrons. The standard InChI is InChI=1S/C18H18N2O2/c1-3-6-17(21)19-15-9-5-10-16(12-15)20-18(22)14-8-4-7-13(2)11-14/h3-5,7-12H,1,6H2,2H3,(H,19,21)(H,20,22). The van der Waals surface area contributed by atoms with Crippen LogP contribution in [0.5, 0.6) is 0 Å². The molecular formula is C18H18N2O2. The van der Waals surface area contributed by atoms with E-state index in [0.29, 0.717) is 16.9 Å². The molecule has 2 aromatic rings. The van der Waals surface area contributed by atoms with Crippen LogP contribution in [0.15, 0.2) is 61.2 Å². The van der Waals surface area contributed by atoms with Gasteiger partial charge in [0, 0.05) is 23.4 Å². The Morgan fingerprint density at radius 2 is 1.73 bits per heavy atom. The smallest absolute Gasteiger partial charge is 0.255 e. The van der Waals surface area contributed by atoms with Gasteiger partial charge in [-0.25, -0.2) is 0 Å². The van der Waals surface area contributed by atoms with E-state index >= 15 is 0 Å². The topological polar surface area (TPSA) is 58.2 Å². The van der Waals surface area contributed by atoms with Crippen LogP contribution in [0.2, 0.25) is 0 Å². The van der Waals surface area contributed by atoms with Crippen molar-refractivity contribution in [3.8, 4) is 0 Å². The average Bonchev–Trinajstić information content (AvgIpc) is 2.47. The molecule has 2 rings (SSSR count). The van der Waals surface area contributed by atoms with E-state index in [1.54, 1.807) is 36.4 Å². The second-order valence-corrected chi connectivity index (χ2v) is 4.95. The van der Waals surface area contributed by atoms with Crippen molar-refractivity contribution in [1.82, 2.24) is 0 Å². The van der Waals surface area contributed by atoms with Crippen LogP contribution in [-0.2, 0) is 4.79 Å². The fourth-order valence-corrected chi connectivity index (χ4v) is 2.01. The summed E-state index contributed by atoms with van der Waals surface area (Å²) in [6.45, 7) is 5.46. The third-order valence-electron chi connectivity index (χ3n) is 3.01. The van der Waals surface area contributed by atoms with Crippen LogP contribution in [0, 0.1) is 6.92 Å². The molecule has 2 N–H and O–H groups in total. The van der Waals surface area contributed by atoms with Gasteiger partial charge in [-0.05, 0) is 37.3 Å². The van der Waals surface area contributed by atoms with Crippen LogP contribution < -0.4 is 10.6 Å². The molecule has 112 valence electrons. The summed E-state index contributed by atoms with van der Waals surface area (Å²) < 4.78 is 0. The molecule has 0 spiro atoms. The number of aryl methyl sites for hydroxylation is 1. The van der Waals surface area contributed by atoms with E-state index in [0.717, 1.165) is 5.56 Å².